The summed E-state index contributed by atoms with van der Waals surface area (Å²) >= 11 is 0. The molecular formula is C19H21F2N7O. The second-order valence-electron chi connectivity index (χ2n) is 7.67. The minimum Gasteiger partial charge on any atom is -0.295 e. The van der Waals surface area contributed by atoms with Gasteiger partial charge in [-0.15, -0.1) is 0 Å². The van der Waals surface area contributed by atoms with E-state index in [4.69, 9.17) is 0 Å². The molecule has 10 heteroatoms. The monoisotopic (exact) mass is 401 g/mol. The molecule has 0 amide bonds. The molecule has 0 aliphatic carbocycles. The molecule has 1 aliphatic rings. The summed E-state index contributed by atoms with van der Waals surface area (Å²) in [7, 11) is 0. The van der Waals surface area contributed by atoms with E-state index in [1.54, 1.807) is 22.0 Å². The number of nitriles is 1. The number of hydrogen-bond acceptors (Lipinski definition) is 5. The van der Waals surface area contributed by atoms with Gasteiger partial charge in [0.25, 0.3) is 11.5 Å². The second-order valence-corrected chi connectivity index (χ2v) is 7.67. The lowest BCUT2D eigenvalue weighted by atomic mass is 10.00. The zero-order valence-electron chi connectivity index (χ0n) is 16.2. The molecule has 4 heterocycles. The highest BCUT2D eigenvalue weighted by molar-refractivity contribution is 5.67. The molecule has 0 radical (unpaired) electrons. The summed E-state index contributed by atoms with van der Waals surface area (Å²) in [5.74, 6) is -2.70. The van der Waals surface area contributed by atoms with Crippen LogP contribution in [0.4, 0.5) is 8.78 Å². The zero-order valence-corrected chi connectivity index (χ0v) is 16.2. The Kier molecular flexibility index (Phi) is 4.70. The molecule has 1 N–H and O–H groups in total. The van der Waals surface area contributed by atoms with E-state index < -0.39 is 5.92 Å². The average Bonchev–Trinajstić information content (AvgIpc) is 3.37. The first-order valence-corrected chi connectivity index (χ1v) is 9.46. The van der Waals surface area contributed by atoms with Crippen molar-refractivity contribution in [2.75, 3.05) is 19.6 Å². The van der Waals surface area contributed by atoms with E-state index in [9.17, 15) is 18.8 Å². The lowest BCUT2D eigenvalue weighted by Crippen LogP contribution is -2.28. The maximum Gasteiger partial charge on any atom is 0.276 e. The quantitative estimate of drug-likeness (QED) is 0.707. The van der Waals surface area contributed by atoms with Gasteiger partial charge in [0.1, 0.15) is 11.6 Å². The maximum atomic E-state index is 13.3. The standard InChI is InChI=1S/C19H21F2N7O/c1-12(2)15-16(25-17-13(7-22)8-24-28(17)18(15)29)14-9-23-27(10-14)6-5-26-4-3-19(20,21)11-26/h8-10,12,24H,3-6,11H2,1-2H3. The van der Waals surface area contributed by atoms with Gasteiger partial charge < -0.3 is 0 Å². The van der Waals surface area contributed by atoms with Crippen molar-refractivity contribution in [1.82, 2.24) is 29.3 Å². The Morgan fingerprint density at radius 3 is 2.83 bits per heavy atom. The molecule has 0 bridgehead atoms. The van der Waals surface area contributed by atoms with Crippen LogP contribution in [0.3, 0.4) is 0 Å². The van der Waals surface area contributed by atoms with E-state index >= 15 is 0 Å². The van der Waals surface area contributed by atoms with Gasteiger partial charge in [0, 0.05) is 43.0 Å². The van der Waals surface area contributed by atoms with Crippen molar-refractivity contribution in [3.05, 3.63) is 40.1 Å². The number of rotatable bonds is 5. The van der Waals surface area contributed by atoms with Crippen LogP contribution >= 0.6 is 0 Å². The molecule has 1 aliphatic heterocycles. The van der Waals surface area contributed by atoms with Crippen molar-refractivity contribution in [2.24, 2.45) is 0 Å². The van der Waals surface area contributed by atoms with Crippen LogP contribution in [0, 0.1) is 11.3 Å². The van der Waals surface area contributed by atoms with E-state index in [0.717, 1.165) is 0 Å². The number of aromatic nitrogens is 5. The van der Waals surface area contributed by atoms with Crippen LogP contribution in [0.15, 0.2) is 23.4 Å². The second kappa shape index (κ2) is 7.08. The van der Waals surface area contributed by atoms with Crippen molar-refractivity contribution >= 4 is 5.65 Å². The number of fused-ring (bicyclic) bond motifs is 1. The Bertz CT molecular complexity index is 1150. The molecular weight excluding hydrogens is 380 g/mol. The van der Waals surface area contributed by atoms with Crippen LogP contribution in [-0.2, 0) is 6.54 Å². The van der Waals surface area contributed by atoms with Crippen molar-refractivity contribution < 1.29 is 8.78 Å². The van der Waals surface area contributed by atoms with E-state index in [1.165, 1.54) is 10.7 Å². The predicted molar refractivity (Wildman–Crippen MR) is 102 cm³/mol. The normalized spacial score (nSPS) is 16.7. The van der Waals surface area contributed by atoms with Crippen molar-refractivity contribution in [2.45, 2.75) is 38.7 Å². The smallest absolute Gasteiger partial charge is 0.276 e. The van der Waals surface area contributed by atoms with Crippen LogP contribution in [0.5, 0.6) is 0 Å². The Morgan fingerprint density at radius 2 is 2.17 bits per heavy atom. The van der Waals surface area contributed by atoms with Gasteiger partial charge in [0.15, 0.2) is 5.65 Å². The van der Waals surface area contributed by atoms with Crippen LogP contribution in [-0.4, -0.2) is 54.8 Å². The summed E-state index contributed by atoms with van der Waals surface area (Å²) in [5, 5.41) is 16.4. The van der Waals surface area contributed by atoms with E-state index in [-0.39, 0.29) is 35.7 Å². The Balaban J connectivity index is 1.65. The van der Waals surface area contributed by atoms with Gasteiger partial charge in [0.05, 0.1) is 25.0 Å². The van der Waals surface area contributed by atoms with Gasteiger partial charge in [-0.1, -0.05) is 13.8 Å². The van der Waals surface area contributed by atoms with E-state index in [1.807, 2.05) is 19.9 Å². The fourth-order valence-electron chi connectivity index (χ4n) is 3.70. The van der Waals surface area contributed by atoms with Crippen LogP contribution in [0.25, 0.3) is 16.9 Å². The van der Waals surface area contributed by atoms with Crippen molar-refractivity contribution in [1.29, 1.82) is 5.26 Å². The van der Waals surface area contributed by atoms with Crippen LogP contribution in [0.1, 0.15) is 37.3 Å². The number of aromatic amines is 1. The summed E-state index contributed by atoms with van der Waals surface area (Å²) < 4.78 is 29.6. The molecule has 4 rings (SSSR count). The van der Waals surface area contributed by atoms with Gasteiger partial charge in [-0.2, -0.15) is 10.4 Å². The minimum atomic E-state index is -2.61. The summed E-state index contributed by atoms with van der Waals surface area (Å²) in [6.45, 7) is 4.89. The predicted octanol–water partition coefficient (Wildman–Crippen LogP) is 2.22. The van der Waals surface area contributed by atoms with Gasteiger partial charge in [-0.05, 0) is 5.92 Å². The molecule has 0 atom stereocenters. The highest BCUT2D eigenvalue weighted by atomic mass is 19.3. The number of alkyl halides is 2. The molecule has 1 saturated heterocycles. The molecule has 3 aromatic rings. The minimum absolute atomic E-state index is 0.0917. The number of halogens is 2. The number of nitrogens with one attached hydrogen (secondary N) is 1. The molecule has 1 fully saturated rings. The van der Waals surface area contributed by atoms with Gasteiger partial charge in [-0.25, -0.2) is 18.3 Å². The maximum absolute atomic E-state index is 13.3. The lowest BCUT2D eigenvalue weighted by molar-refractivity contribution is 0.0119. The third kappa shape index (κ3) is 3.53. The van der Waals surface area contributed by atoms with Crippen LogP contribution in [0.2, 0.25) is 0 Å². The number of likely N-dealkylation sites (tertiary alicyclic amines) is 1. The van der Waals surface area contributed by atoms with Crippen molar-refractivity contribution in [3.8, 4) is 17.3 Å². The van der Waals surface area contributed by atoms with Gasteiger partial charge in [0.2, 0.25) is 0 Å². The largest absolute Gasteiger partial charge is 0.295 e. The average molecular weight is 401 g/mol. The summed E-state index contributed by atoms with van der Waals surface area (Å²) in [5.41, 5.74) is 1.95. The lowest BCUT2D eigenvalue weighted by Gasteiger charge is -2.15. The highest BCUT2D eigenvalue weighted by Crippen LogP contribution is 2.27. The Labute approximate surface area is 165 Å². The summed E-state index contributed by atoms with van der Waals surface area (Å²) in [6, 6.07) is 2.03. The fourth-order valence-corrected chi connectivity index (χ4v) is 3.70. The molecule has 152 valence electrons. The van der Waals surface area contributed by atoms with Gasteiger partial charge in [-0.3, -0.25) is 19.5 Å². The summed E-state index contributed by atoms with van der Waals surface area (Å²) in [6.07, 6.45) is 4.71. The number of nitrogens with zero attached hydrogens (tertiary/aromatic N) is 6. The van der Waals surface area contributed by atoms with E-state index in [0.29, 0.717) is 36.5 Å². The van der Waals surface area contributed by atoms with Crippen LogP contribution < -0.4 is 5.56 Å². The van der Waals surface area contributed by atoms with Gasteiger partial charge >= 0.3 is 0 Å². The third-order valence-corrected chi connectivity index (χ3v) is 5.20. The third-order valence-electron chi connectivity index (χ3n) is 5.20. The highest BCUT2D eigenvalue weighted by Gasteiger charge is 2.37. The molecule has 0 saturated carbocycles. The molecule has 0 unspecified atom stereocenters. The molecule has 29 heavy (non-hydrogen) atoms. The first kappa shape index (κ1) is 19.3. The van der Waals surface area contributed by atoms with Crippen molar-refractivity contribution in [3.63, 3.8) is 0 Å². The van der Waals surface area contributed by atoms with E-state index in [2.05, 4.69) is 15.2 Å². The molecule has 0 spiro atoms. The number of H-pyrrole nitrogens is 1. The molecule has 3 aromatic heterocycles. The summed E-state index contributed by atoms with van der Waals surface area (Å²) in [4.78, 5) is 19.2. The molecule has 8 nitrogen and oxygen atoms in total. The topological polar surface area (TPSA) is 95.0 Å². The zero-order chi connectivity index (χ0) is 20.8. The fraction of sp³-hybridized carbons (Fsp3) is 0.474. The SMILES string of the molecule is CC(C)c1c(-c2cnn(CCN3CCC(F)(F)C3)c2)nc2c(C#N)c[nH]n2c1=O. The first-order chi connectivity index (χ1) is 13.8. The first-order valence-electron chi connectivity index (χ1n) is 9.46. The number of hydrogen-bond donors (Lipinski definition) is 1. The molecule has 0 aromatic carbocycles. The Hall–Kier alpha value is -3.06. The Morgan fingerprint density at radius 1 is 1.38 bits per heavy atom.